The van der Waals surface area contributed by atoms with Crippen LogP contribution in [0.1, 0.15) is 18.4 Å². The summed E-state index contributed by atoms with van der Waals surface area (Å²) >= 11 is 1.66. The molecule has 0 aliphatic heterocycles. The zero-order valence-corrected chi connectivity index (χ0v) is 10.5. The summed E-state index contributed by atoms with van der Waals surface area (Å²) in [6.45, 7) is 0. The Morgan fingerprint density at radius 3 is 3.17 bits per heavy atom. The summed E-state index contributed by atoms with van der Waals surface area (Å²) in [5, 5.41) is 8.62. The van der Waals surface area contributed by atoms with E-state index in [9.17, 15) is 4.79 Å². The van der Waals surface area contributed by atoms with Crippen LogP contribution in [0.25, 0.3) is 15.2 Å². The topological polar surface area (TPSA) is 54.6 Å². The maximum Gasteiger partial charge on any atom is 0.303 e. The first kappa shape index (κ1) is 11.2. The minimum Gasteiger partial charge on any atom is -0.481 e. The van der Waals surface area contributed by atoms with Gasteiger partial charge >= 0.3 is 5.97 Å². The molecule has 0 aliphatic rings. The van der Waals surface area contributed by atoms with Gasteiger partial charge in [0.1, 0.15) is 0 Å². The van der Waals surface area contributed by atoms with Crippen molar-refractivity contribution in [2.75, 3.05) is 0 Å². The van der Waals surface area contributed by atoms with Gasteiger partial charge in [-0.15, -0.1) is 0 Å². The molecule has 2 heterocycles. The van der Waals surface area contributed by atoms with Gasteiger partial charge in [0.2, 0.25) is 0 Å². The Morgan fingerprint density at radius 1 is 1.44 bits per heavy atom. The van der Waals surface area contributed by atoms with Crippen molar-refractivity contribution in [1.82, 2.24) is 9.38 Å². The van der Waals surface area contributed by atoms with Crippen molar-refractivity contribution in [2.45, 2.75) is 19.3 Å². The van der Waals surface area contributed by atoms with Crippen LogP contribution >= 0.6 is 11.3 Å². The number of carboxylic acid groups (broad SMARTS) is 1. The second-order valence-electron chi connectivity index (χ2n) is 4.23. The van der Waals surface area contributed by atoms with Gasteiger partial charge in [-0.25, -0.2) is 4.98 Å². The van der Waals surface area contributed by atoms with Crippen LogP contribution < -0.4 is 0 Å². The van der Waals surface area contributed by atoms with Gasteiger partial charge in [0.25, 0.3) is 0 Å². The van der Waals surface area contributed by atoms with Gasteiger partial charge in [0.05, 0.1) is 10.2 Å². The van der Waals surface area contributed by atoms with E-state index in [1.807, 2.05) is 6.20 Å². The highest BCUT2D eigenvalue weighted by Gasteiger charge is 2.06. The van der Waals surface area contributed by atoms with Gasteiger partial charge in [-0.1, -0.05) is 17.4 Å². The Kier molecular flexibility index (Phi) is 2.76. The van der Waals surface area contributed by atoms with Crippen LogP contribution in [0.15, 0.2) is 30.6 Å². The summed E-state index contributed by atoms with van der Waals surface area (Å²) in [7, 11) is 0. The van der Waals surface area contributed by atoms with Gasteiger partial charge in [-0.2, -0.15) is 0 Å². The first-order valence-electron chi connectivity index (χ1n) is 5.80. The maximum absolute atomic E-state index is 10.5. The van der Waals surface area contributed by atoms with Crippen molar-refractivity contribution >= 4 is 32.5 Å². The number of rotatable bonds is 4. The molecule has 0 saturated heterocycles. The van der Waals surface area contributed by atoms with E-state index in [0.717, 1.165) is 16.9 Å². The fourth-order valence-electron chi connectivity index (χ4n) is 2.09. The number of thiazole rings is 1. The molecule has 5 heteroatoms. The highest BCUT2D eigenvalue weighted by molar-refractivity contribution is 7.23. The number of fused-ring (bicyclic) bond motifs is 3. The van der Waals surface area contributed by atoms with Gasteiger partial charge in [0.15, 0.2) is 4.96 Å². The third kappa shape index (κ3) is 1.97. The SMILES string of the molecule is O=C(O)CCCc1ccc2c(c1)sc1nccn12. The normalized spacial score (nSPS) is 11.3. The number of aliphatic carboxylic acids is 1. The third-order valence-corrected chi connectivity index (χ3v) is 3.98. The van der Waals surface area contributed by atoms with Gasteiger partial charge < -0.3 is 5.11 Å². The molecule has 0 spiro atoms. The molecule has 0 bridgehead atoms. The van der Waals surface area contributed by atoms with Crippen molar-refractivity contribution in [1.29, 1.82) is 0 Å². The summed E-state index contributed by atoms with van der Waals surface area (Å²) in [5.41, 5.74) is 2.35. The van der Waals surface area contributed by atoms with Crippen molar-refractivity contribution in [3.8, 4) is 0 Å². The monoisotopic (exact) mass is 260 g/mol. The van der Waals surface area contributed by atoms with Crippen LogP contribution in [0.2, 0.25) is 0 Å². The number of carbonyl (C=O) groups is 1. The molecule has 1 N–H and O–H groups in total. The van der Waals surface area contributed by atoms with Crippen LogP contribution in [-0.2, 0) is 11.2 Å². The van der Waals surface area contributed by atoms with E-state index in [4.69, 9.17) is 5.11 Å². The van der Waals surface area contributed by atoms with E-state index in [1.165, 1.54) is 10.3 Å². The zero-order valence-electron chi connectivity index (χ0n) is 9.67. The lowest BCUT2D eigenvalue weighted by Gasteiger charge is -2.00. The largest absolute Gasteiger partial charge is 0.481 e. The van der Waals surface area contributed by atoms with E-state index < -0.39 is 5.97 Å². The first-order chi connectivity index (χ1) is 8.74. The number of aromatic nitrogens is 2. The molecular weight excluding hydrogens is 248 g/mol. The van der Waals surface area contributed by atoms with E-state index >= 15 is 0 Å². The fourth-order valence-corrected chi connectivity index (χ4v) is 3.13. The lowest BCUT2D eigenvalue weighted by atomic mass is 10.1. The summed E-state index contributed by atoms with van der Waals surface area (Å²) in [6, 6.07) is 6.28. The molecule has 0 unspecified atom stereocenters. The number of benzene rings is 1. The van der Waals surface area contributed by atoms with Crippen molar-refractivity contribution in [3.05, 3.63) is 36.2 Å². The summed E-state index contributed by atoms with van der Waals surface area (Å²) in [4.78, 5) is 15.7. The van der Waals surface area contributed by atoms with E-state index in [0.29, 0.717) is 6.42 Å². The van der Waals surface area contributed by atoms with Crippen molar-refractivity contribution in [3.63, 3.8) is 0 Å². The van der Waals surface area contributed by atoms with Gasteiger partial charge in [-0.3, -0.25) is 9.20 Å². The molecule has 3 rings (SSSR count). The van der Waals surface area contributed by atoms with Crippen molar-refractivity contribution < 1.29 is 9.90 Å². The fraction of sp³-hybridized carbons (Fsp3) is 0.231. The summed E-state index contributed by atoms with van der Waals surface area (Å²) < 4.78 is 3.27. The Hall–Kier alpha value is -1.88. The maximum atomic E-state index is 10.5. The Bertz CT molecular complexity index is 714. The molecule has 0 amide bonds. The zero-order chi connectivity index (χ0) is 12.5. The standard InChI is InChI=1S/C13H12N2O2S/c16-12(17)3-1-2-9-4-5-10-11(8-9)18-13-14-6-7-15(10)13/h4-8H,1-3H2,(H,16,17). The highest BCUT2D eigenvalue weighted by atomic mass is 32.1. The van der Waals surface area contributed by atoms with E-state index in [2.05, 4.69) is 27.6 Å². The lowest BCUT2D eigenvalue weighted by Crippen LogP contribution is -1.95. The molecule has 92 valence electrons. The Labute approximate surface area is 108 Å². The Morgan fingerprint density at radius 2 is 2.33 bits per heavy atom. The number of carboxylic acids is 1. The van der Waals surface area contributed by atoms with E-state index in [1.54, 1.807) is 17.5 Å². The molecule has 18 heavy (non-hydrogen) atoms. The second-order valence-corrected chi connectivity index (χ2v) is 5.24. The number of nitrogens with zero attached hydrogens (tertiary/aromatic N) is 2. The molecule has 3 aromatic rings. The minimum absolute atomic E-state index is 0.228. The molecule has 0 aliphatic carbocycles. The summed E-state index contributed by atoms with van der Waals surface area (Å²) in [6.07, 6.45) is 5.47. The molecule has 0 radical (unpaired) electrons. The smallest absolute Gasteiger partial charge is 0.303 e. The third-order valence-electron chi connectivity index (χ3n) is 2.95. The molecule has 0 atom stereocenters. The summed E-state index contributed by atoms with van der Waals surface area (Å²) in [5.74, 6) is -0.731. The molecule has 4 nitrogen and oxygen atoms in total. The van der Waals surface area contributed by atoms with E-state index in [-0.39, 0.29) is 6.42 Å². The number of aryl methyl sites for hydroxylation is 1. The lowest BCUT2D eigenvalue weighted by molar-refractivity contribution is -0.137. The molecule has 1 aromatic carbocycles. The minimum atomic E-state index is -0.731. The van der Waals surface area contributed by atoms with Crippen LogP contribution in [-0.4, -0.2) is 20.5 Å². The first-order valence-corrected chi connectivity index (χ1v) is 6.62. The van der Waals surface area contributed by atoms with Crippen LogP contribution in [0, 0.1) is 0 Å². The van der Waals surface area contributed by atoms with Gasteiger partial charge in [-0.05, 0) is 30.5 Å². The number of hydrogen-bond acceptors (Lipinski definition) is 3. The van der Waals surface area contributed by atoms with Crippen LogP contribution in [0.5, 0.6) is 0 Å². The quantitative estimate of drug-likeness (QED) is 0.784. The molecule has 2 aromatic heterocycles. The molecule has 0 saturated carbocycles. The molecular formula is C13H12N2O2S. The number of imidazole rings is 1. The predicted molar refractivity (Wildman–Crippen MR) is 71.1 cm³/mol. The second kappa shape index (κ2) is 4.42. The average molecular weight is 260 g/mol. The van der Waals surface area contributed by atoms with Gasteiger partial charge in [0, 0.05) is 18.8 Å². The van der Waals surface area contributed by atoms with Crippen LogP contribution in [0.3, 0.4) is 0 Å². The van der Waals surface area contributed by atoms with Crippen molar-refractivity contribution in [2.24, 2.45) is 0 Å². The highest BCUT2D eigenvalue weighted by Crippen LogP contribution is 2.26. The van der Waals surface area contributed by atoms with Crippen LogP contribution in [0.4, 0.5) is 0 Å². The Balaban J connectivity index is 1.88. The molecule has 0 fully saturated rings. The number of hydrogen-bond donors (Lipinski definition) is 1. The predicted octanol–water partition coefficient (Wildman–Crippen LogP) is 2.96. The average Bonchev–Trinajstić information content (AvgIpc) is 2.87.